The van der Waals surface area contributed by atoms with Gasteiger partial charge in [0.2, 0.25) is 0 Å². The maximum atomic E-state index is 12.7. The lowest BCUT2D eigenvalue weighted by atomic mass is 10.1. The number of rotatable bonds is 4. The molecule has 1 aliphatic rings. The molecule has 0 aliphatic carbocycles. The summed E-state index contributed by atoms with van der Waals surface area (Å²) in [5.41, 5.74) is 2.97. The van der Waals surface area contributed by atoms with Gasteiger partial charge in [-0.05, 0) is 66.2 Å². The molecule has 4 rings (SSSR count). The first-order valence-corrected chi connectivity index (χ1v) is 10.4. The first-order chi connectivity index (χ1) is 14.0. The van der Waals surface area contributed by atoms with Crippen molar-refractivity contribution in [3.05, 3.63) is 81.9 Å². The quantitative estimate of drug-likeness (QED) is 0.457. The first-order valence-electron chi connectivity index (χ1n) is 9.25. The van der Waals surface area contributed by atoms with Gasteiger partial charge in [0.15, 0.2) is 5.17 Å². The Labute approximate surface area is 178 Å². The fourth-order valence-corrected chi connectivity index (χ4v) is 4.09. The molecule has 2 heterocycles. The fraction of sp³-hybridized carbons (Fsp3) is 0.130. The number of amidine groups is 1. The third-order valence-electron chi connectivity index (χ3n) is 4.62. The predicted octanol–water partition coefficient (Wildman–Crippen LogP) is 6.40. The first kappa shape index (κ1) is 19.6. The lowest BCUT2D eigenvalue weighted by Gasteiger charge is -2.08. The summed E-state index contributed by atoms with van der Waals surface area (Å²) in [5, 5.41) is 1.33. The molecule has 1 fully saturated rings. The van der Waals surface area contributed by atoms with Crippen LogP contribution in [0.2, 0.25) is 5.02 Å². The second-order valence-corrected chi connectivity index (χ2v) is 8.01. The predicted molar refractivity (Wildman–Crippen MR) is 120 cm³/mol. The van der Waals surface area contributed by atoms with Crippen LogP contribution in [0.25, 0.3) is 17.4 Å². The number of para-hydroxylation sites is 1. The van der Waals surface area contributed by atoms with Crippen LogP contribution in [0.3, 0.4) is 0 Å². The number of benzene rings is 2. The van der Waals surface area contributed by atoms with E-state index in [2.05, 4.69) is 13.0 Å². The number of aryl methyl sites for hydroxylation is 1. The second-order valence-electron chi connectivity index (χ2n) is 6.56. The van der Waals surface area contributed by atoms with Crippen molar-refractivity contribution in [2.75, 3.05) is 7.05 Å². The van der Waals surface area contributed by atoms with Crippen LogP contribution in [-0.4, -0.2) is 23.0 Å². The molecule has 2 aromatic carbocycles. The number of carbonyl (C=O) groups is 1. The highest BCUT2D eigenvalue weighted by Crippen LogP contribution is 2.35. The molecular formula is C23H19ClN2O2S. The minimum Gasteiger partial charge on any atom is -0.457 e. The Morgan fingerprint density at radius 2 is 1.86 bits per heavy atom. The molecule has 1 saturated heterocycles. The summed E-state index contributed by atoms with van der Waals surface area (Å²) in [6, 6.07) is 19.2. The van der Waals surface area contributed by atoms with Crippen LogP contribution in [0.15, 0.2) is 75.0 Å². The number of hydrogen-bond donors (Lipinski definition) is 0. The zero-order valence-electron chi connectivity index (χ0n) is 16.1. The zero-order chi connectivity index (χ0) is 20.4. The average molecular weight is 423 g/mol. The monoisotopic (exact) mass is 422 g/mol. The summed E-state index contributed by atoms with van der Waals surface area (Å²) >= 11 is 7.29. The van der Waals surface area contributed by atoms with Gasteiger partial charge < -0.3 is 4.42 Å². The number of hydrogen-bond acceptors (Lipinski definition) is 4. The minimum atomic E-state index is -0.0906. The van der Waals surface area contributed by atoms with Gasteiger partial charge in [0.05, 0.1) is 10.6 Å². The topological polar surface area (TPSA) is 45.8 Å². The molecule has 29 heavy (non-hydrogen) atoms. The van der Waals surface area contributed by atoms with Crippen molar-refractivity contribution in [2.45, 2.75) is 13.3 Å². The van der Waals surface area contributed by atoms with E-state index in [1.54, 1.807) is 18.0 Å². The van der Waals surface area contributed by atoms with Crippen LogP contribution in [0.1, 0.15) is 18.2 Å². The van der Waals surface area contributed by atoms with Crippen molar-refractivity contribution in [3.8, 4) is 11.3 Å². The molecule has 0 saturated carbocycles. The molecule has 0 atom stereocenters. The summed E-state index contributed by atoms with van der Waals surface area (Å²) in [7, 11) is 1.74. The van der Waals surface area contributed by atoms with Crippen molar-refractivity contribution in [3.63, 3.8) is 0 Å². The largest absolute Gasteiger partial charge is 0.457 e. The van der Waals surface area contributed by atoms with Crippen molar-refractivity contribution >= 4 is 46.2 Å². The van der Waals surface area contributed by atoms with Crippen LogP contribution in [0.5, 0.6) is 0 Å². The fourth-order valence-electron chi connectivity index (χ4n) is 3.00. The molecule has 1 aromatic heterocycles. The number of furan rings is 1. The van der Waals surface area contributed by atoms with Crippen LogP contribution in [0.4, 0.5) is 5.69 Å². The highest BCUT2D eigenvalue weighted by molar-refractivity contribution is 8.18. The van der Waals surface area contributed by atoms with Gasteiger partial charge in [0, 0.05) is 23.7 Å². The smallest absolute Gasteiger partial charge is 0.266 e. The van der Waals surface area contributed by atoms with Crippen LogP contribution < -0.4 is 0 Å². The summed E-state index contributed by atoms with van der Waals surface area (Å²) in [6.45, 7) is 2.09. The number of aliphatic imine (C=N–C) groups is 1. The summed E-state index contributed by atoms with van der Waals surface area (Å²) < 4.78 is 5.90. The van der Waals surface area contributed by atoms with E-state index in [0.717, 1.165) is 29.0 Å². The molecular weight excluding hydrogens is 404 g/mol. The Bertz CT molecular complexity index is 1120. The Hall–Kier alpha value is -2.76. The molecule has 0 spiro atoms. The number of amides is 1. The SMILES string of the molecule is CCc1ccccc1N=C1S/C(=C/c2ccc(-c3ccc(Cl)cc3)o2)C(=O)N1C. The molecule has 0 N–H and O–H groups in total. The van der Waals surface area contributed by atoms with E-state index in [-0.39, 0.29) is 5.91 Å². The number of likely N-dealkylation sites (N-methyl/N-ethyl adjacent to an activating group) is 1. The Kier molecular flexibility index (Phi) is 5.60. The number of carbonyl (C=O) groups excluding carboxylic acids is 1. The van der Waals surface area contributed by atoms with Gasteiger partial charge >= 0.3 is 0 Å². The Balaban J connectivity index is 1.60. The van der Waals surface area contributed by atoms with E-state index in [1.807, 2.05) is 54.6 Å². The van der Waals surface area contributed by atoms with Crippen molar-refractivity contribution < 1.29 is 9.21 Å². The maximum Gasteiger partial charge on any atom is 0.266 e. The van der Waals surface area contributed by atoms with Gasteiger partial charge in [-0.15, -0.1) is 0 Å². The molecule has 3 aromatic rings. The lowest BCUT2D eigenvalue weighted by molar-refractivity contribution is -0.121. The Morgan fingerprint density at radius 3 is 2.62 bits per heavy atom. The van der Waals surface area contributed by atoms with E-state index < -0.39 is 0 Å². The van der Waals surface area contributed by atoms with Crippen LogP contribution >= 0.6 is 23.4 Å². The molecule has 4 nitrogen and oxygen atoms in total. The van der Waals surface area contributed by atoms with E-state index in [0.29, 0.717) is 20.9 Å². The number of thioether (sulfide) groups is 1. The van der Waals surface area contributed by atoms with Crippen molar-refractivity contribution in [2.24, 2.45) is 4.99 Å². The third kappa shape index (κ3) is 4.16. The maximum absolute atomic E-state index is 12.7. The standard InChI is InChI=1S/C23H19ClN2O2S/c1-3-15-6-4-5-7-19(15)25-23-26(2)22(27)21(29-23)14-18-12-13-20(28-18)16-8-10-17(24)11-9-16/h4-14H,3H2,1-2H3/b21-14+,25-23?. The van der Waals surface area contributed by atoms with Gasteiger partial charge in [0.1, 0.15) is 11.5 Å². The van der Waals surface area contributed by atoms with Crippen molar-refractivity contribution in [1.82, 2.24) is 4.90 Å². The van der Waals surface area contributed by atoms with E-state index >= 15 is 0 Å². The molecule has 146 valence electrons. The normalized spacial score (nSPS) is 16.9. The third-order valence-corrected chi connectivity index (χ3v) is 5.93. The van der Waals surface area contributed by atoms with Crippen LogP contribution in [-0.2, 0) is 11.2 Å². The molecule has 6 heteroatoms. The molecule has 0 unspecified atom stereocenters. The van der Waals surface area contributed by atoms with Crippen molar-refractivity contribution in [1.29, 1.82) is 0 Å². The molecule has 1 amide bonds. The van der Waals surface area contributed by atoms with E-state index in [4.69, 9.17) is 21.0 Å². The van der Waals surface area contributed by atoms with Gasteiger partial charge in [0.25, 0.3) is 5.91 Å². The van der Waals surface area contributed by atoms with Gasteiger partial charge in [-0.1, -0.05) is 36.7 Å². The molecule has 0 bridgehead atoms. The highest BCUT2D eigenvalue weighted by Gasteiger charge is 2.30. The lowest BCUT2D eigenvalue weighted by Crippen LogP contribution is -2.23. The summed E-state index contributed by atoms with van der Waals surface area (Å²) in [6.07, 6.45) is 2.65. The summed E-state index contributed by atoms with van der Waals surface area (Å²) in [5.74, 6) is 1.25. The number of nitrogens with zero attached hydrogens (tertiary/aromatic N) is 2. The van der Waals surface area contributed by atoms with Gasteiger partial charge in [-0.3, -0.25) is 9.69 Å². The minimum absolute atomic E-state index is 0.0906. The van der Waals surface area contributed by atoms with Gasteiger partial charge in [-0.25, -0.2) is 4.99 Å². The highest BCUT2D eigenvalue weighted by atomic mass is 35.5. The van der Waals surface area contributed by atoms with Crippen LogP contribution in [0, 0.1) is 0 Å². The molecule has 0 radical (unpaired) electrons. The zero-order valence-corrected chi connectivity index (χ0v) is 17.6. The second kappa shape index (κ2) is 8.31. The average Bonchev–Trinajstić information content (AvgIpc) is 3.30. The summed E-state index contributed by atoms with van der Waals surface area (Å²) in [4.78, 5) is 19.5. The van der Waals surface area contributed by atoms with Gasteiger partial charge in [-0.2, -0.15) is 0 Å². The number of halogens is 1. The van der Waals surface area contributed by atoms with E-state index in [9.17, 15) is 4.79 Å². The molecule has 1 aliphatic heterocycles. The van der Waals surface area contributed by atoms with E-state index in [1.165, 1.54) is 11.8 Å². The Morgan fingerprint density at radius 1 is 1.10 bits per heavy atom.